The summed E-state index contributed by atoms with van der Waals surface area (Å²) in [4.78, 5) is 13.5. The van der Waals surface area contributed by atoms with E-state index in [0.29, 0.717) is 17.1 Å². The van der Waals surface area contributed by atoms with Crippen molar-refractivity contribution in [2.24, 2.45) is 0 Å². The van der Waals surface area contributed by atoms with Gasteiger partial charge in [0.15, 0.2) is 5.78 Å². The van der Waals surface area contributed by atoms with E-state index in [4.69, 9.17) is 9.47 Å². The molecule has 0 aliphatic rings. The molecule has 4 nitrogen and oxygen atoms in total. The van der Waals surface area contributed by atoms with Crippen molar-refractivity contribution in [3.8, 4) is 23.3 Å². The van der Waals surface area contributed by atoms with Gasteiger partial charge < -0.3 is 9.47 Å². The highest BCUT2D eigenvalue weighted by atomic mass is 32.2. The lowest BCUT2D eigenvalue weighted by Crippen LogP contribution is -2.19. The summed E-state index contributed by atoms with van der Waals surface area (Å²) in [5.41, 5.74) is 0.689. The fraction of sp³-hybridized carbons (Fsp3) is 0.130. The molecule has 1 unspecified atom stereocenters. The second kappa shape index (κ2) is 9.63. The molecule has 0 radical (unpaired) electrons. The van der Waals surface area contributed by atoms with E-state index in [1.54, 1.807) is 42.1 Å². The number of carbonyl (C=O) groups excluding carboxylic acids is 1. The first kappa shape index (κ1) is 19.5. The zero-order valence-corrected chi connectivity index (χ0v) is 16.2. The van der Waals surface area contributed by atoms with Gasteiger partial charge >= 0.3 is 0 Å². The van der Waals surface area contributed by atoms with Gasteiger partial charge in [-0.1, -0.05) is 30.3 Å². The SMILES string of the molecule is CSc1cccc(C(C#N)C(=O)COc2ccc(Oc3ccccc3)cc2)c1. The van der Waals surface area contributed by atoms with Crippen molar-refractivity contribution >= 4 is 17.5 Å². The highest BCUT2D eigenvalue weighted by Gasteiger charge is 2.21. The topological polar surface area (TPSA) is 59.3 Å². The number of hydrogen-bond donors (Lipinski definition) is 0. The molecule has 3 aromatic carbocycles. The average molecular weight is 389 g/mol. The molecule has 0 aliphatic carbocycles. The number of Topliss-reactive ketones (excluding diaryl/α,β-unsaturated/α-hetero) is 1. The Labute approximate surface area is 168 Å². The van der Waals surface area contributed by atoms with E-state index in [2.05, 4.69) is 6.07 Å². The summed E-state index contributed by atoms with van der Waals surface area (Å²) < 4.78 is 11.3. The fourth-order valence-corrected chi connectivity index (χ4v) is 3.09. The molecule has 0 saturated heterocycles. The van der Waals surface area contributed by atoms with Gasteiger partial charge in [-0.15, -0.1) is 11.8 Å². The van der Waals surface area contributed by atoms with Crippen LogP contribution in [0.25, 0.3) is 0 Å². The Hall–Kier alpha value is -3.23. The summed E-state index contributed by atoms with van der Waals surface area (Å²) in [6, 6.07) is 26.0. The lowest BCUT2D eigenvalue weighted by molar-refractivity contribution is -0.121. The molecular formula is C23H19NO3S. The Kier molecular flexibility index (Phi) is 6.72. The minimum absolute atomic E-state index is 0.166. The van der Waals surface area contributed by atoms with Crippen LogP contribution in [-0.4, -0.2) is 18.6 Å². The summed E-state index contributed by atoms with van der Waals surface area (Å²) in [6.45, 7) is -0.166. The van der Waals surface area contributed by atoms with Crippen LogP contribution < -0.4 is 9.47 Å². The number of benzene rings is 3. The normalized spacial score (nSPS) is 11.3. The summed E-state index contributed by atoms with van der Waals surface area (Å²) in [7, 11) is 0. The zero-order chi connectivity index (χ0) is 19.8. The standard InChI is InChI=1S/C23H19NO3S/c1-28-21-9-5-6-17(14-21)22(15-24)23(25)16-26-18-10-12-20(13-11-18)27-19-7-3-2-4-8-19/h2-14,22H,16H2,1H3. The maximum atomic E-state index is 12.5. The van der Waals surface area contributed by atoms with Crippen molar-refractivity contribution in [2.45, 2.75) is 10.8 Å². The molecule has 140 valence electrons. The van der Waals surface area contributed by atoms with Crippen molar-refractivity contribution in [3.05, 3.63) is 84.4 Å². The number of para-hydroxylation sites is 1. The molecule has 1 atom stereocenters. The first-order valence-electron chi connectivity index (χ1n) is 8.71. The molecule has 0 aliphatic heterocycles. The zero-order valence-electron chi connectivity index (χ0n) is 15.4. The molecular weight excluding hydrogens is 370 g/mol. The van der Waals surface area contributed by atoms with Crippen LogP contribution in [0.15, 0.2) is 83.8 Å². The number of nitriles is 1. The van der Waals surface area contributed by atoms with Crippen LogP contribution in [0.4, 0.5) is 0 Å². The maximum absolute atomic E-state index is 12.5. The molecule has 3 rings (SSSR count). The highest BCUT2D eigenvalue weighted by molar-refractivity contribution is 7.98. The minimum Gasteiger partial charge on any atom is -0.486 e. The minimum atomic E-state index is -0.840. The number of carbonyl (C=O) groups is 1. The molecule has 3 aromatic rings. The molecule has 0 heterocycles. The van der Waals surface area contributed by atoms with Crippen LogP contribution in [0, 0.1) is 11.3 Å². The Balaban J connectivity index is 1.59. The fourth-order valence-electron chi connectivity index (χ4n) is 2.62. The van der Waals surface area contributed by atoms with Crippen LogP contribution in [0.5, 0.6) is 17.2 Å². The van der Waals surface area contributed by atoms with Gasteiger partial charge in [0.1, 0.15) is 29.8 Å². The second-order valence-electron chi connectivity index (χ2n) is 5.98. The van der Waals surface area contributed by atoms with Crippen molar-refractivity contribution in [2.75, 3.05) is 12.9 Å². The van der Waals surface area contributed by atoms with Crippen molar-refractivity contribution < 1.29 is 14.3 Å². The van der Waals surface area contributed by atoms with Crippen LogP contribution in [-0.2, 0) is 4.79 Å². The van der Waals surface area contributed by atoms with Gasteiger partial charge in [-0.2, -0.15) is 5.26 Å². The molecule has 5 heteroatoms. The molecule has 0 N–H and O–H groups in total. The van der Waals surface area contributed by atoms with Gasteiger partial charge in [-0.3, -0.25) is 4.79 Å². The summed E-state index contributed by atoms with van der Waals surface area (Å²) in [5, 5.41) is 9.44. The number of hydrogen-bond acceptors (Lipinski definition) is 5. The molecule has 0 saturated carbocycles. The van der Waals surface area contributed by atoms with E-state index in [1.165, 1.54) is 0 Å². The first-order chi connectivity index (χ1) is 13.7. The van der Waals surface area contributed by atoms with Gasteiger partial charge in [0.2, 0.25) is 0 Å². The van der Waals surface area contributed by atoms with Crippen molar-refractivity contribution in [1.82, 2.24) is 0 Å². The number of thioether (sulfide) groups is 1. The summed E-state index contributed by atoms with van der Waals surface area (Å²) >= 11 is 1.57. The number of ketones is 1. The Morgan fingerprint density at radius 3 is 2.32 bits per heavy atom. The van der Waals surface area contributed by atoms with Gasteiger partial charge in [-0.25, -0.2) is 0 Å². The van der Waals surface area contributed by atoms with Crippen LogP contribution in [0.1, 0.15) is 11.5 Å². The highest BCUT2D eigenvalue weighted by Crippen LogP contribution is 2.25. The molecule has 0 spiro atoms. The van der Waals surface area contributed by atoms with E-state index >= 15 is 0 Å². The third-order valence-corrected chi connectivity index (χ3v) is 4.79. The van der Waals surface area contributed by atoms with E-state index in [0.717, 1.165) is 10.6 Å². The average Bonchev–Trinajstić information content (AvgIpc) is 2.75. The Morgan fingerprint density at radius 1 is 0.964 bits per heavy atom. The Morgan fingerprint density at radius 2 is 1.64 bits per heavy atom. The lowest BCUT2D eigenvalue weighted by Gasteiger charge is -2.11. The van der Waals surface area contributed by atoms with E-state index in [-0.39, 0.29) is 12.4 Å². The van der Waals surface area contributed by atoms with Crippen molar-refractivity contribution in [1.29, 1.82) is 5.26 Å². The number of nitrogens with zero attached hydrogens (tertiary/aromatic N) is 1. The predicted octanol–water partition coefficient (Wildman–Crippen LogP) is 5.46. The van der Waals surface area contributed by atoms with Gasteiger partial charge in [0.05, 0.1) is 6.07 Å². The lowest BCUT2D eigenvalue weighted by atomic mass is 9.96. The molecule has 0 fully saturated rings. The largest absolute Gasteiger partial charge is 0.486 e. The molecule has 0 aromatic heterocycles. The first-order valence-corrected chi connectivity index (χ1v) is 9.94. The van der Waals surface area contributed by atoms with E-state index < -0.39 is 5.92 Å². The quantitative estimate of drug-likeness (QED) is 0.479. The van der Waals surface area contributed by atoms with Gasteiger partial charge in [-0.05, 0) is 60.4 Å². The predicted molar refractivity (Wildman–Crippen MR) is 110 cm³/mol. The number of ether oxygens (including phenoxy) is 2. The monoisotopic (exact) mass is 389 g/mol. The molecule has 0 amide bonds. The van der Waals surface area contributed by atoms with Crippen LogP contribution in [0.3, 0.4) is 0 Å². The van der Waals surface area contributed by atoms with Crippen LogP contribution in [0.2, 0.25) is 0 Å². The summed E-state index contributed by atoms with van der Waals surface area (Å²) in [5.74, 6) is 0.853. The number of rotatable bonds is 8. The maximum Gasteiger partial charge on any atom is 0.191 e. The third-order valence-electron chi connectivity index (χ3n) is 4.06. The van der Waals surface area contributed by atoms with Gasteiger partial charge in [0.25, 0.3) is 0 Å². The van der Waals surface area contributed by atoms with Crippen molar-refractivity contribution in [3.63, 3.8) is 0 Å². The summed E-state index contributed by atoms with van der Waals surface area (Å²) in [6.07, 6.45) is 1.95. The molecule has 0 bridgehead atoms. The van der Waals surface area contributed by atoms with Crippen LogP contribution >= 0.6 is 11.8 Å². The van der Waals surface area contributed by atoms with E-state index in [1.807, 2.05) is 54.8 Å². The molecule has 28 heavy (non-hydrogen) atoms. The van der Waals surface area contributed by atoms with E-state index in [9.17, 15) is 10.1 Å². The van der Waals surface area contributed by atoms with Gasteiger partial charge in [0, 0.05) is 4.90 Å². The second-order valence-corrected chi connectivity index (χ2v) is 6.86. The third kappa shape index (κ3) is 5.15. The smallest absolute Gasteiger partial charge is 0.191 e. The Bertz CT molecular complexity index is 965.